The predicted octanol–water partition coefficient (Wildman–Crippen LogP) is 5.84. The molecule has 0 aliphatic heterocycles. The van der Waals surface area contributed by atoms with Gasteiger partial charge in [0.1, 0.15) is 11.5 Å². The van der Waals surface area contributed by atoms with Crippen LogP contribution in [0.2, 0.25) is 10.0 Å². The Morgan fingerprint density at radius 3 is 2.71 bits per heavy atom. The van der Waals surface area contributed by atoms with Gasteiger partial charge < -0.3 is 10.1 Å². The molecule has 4 rings (SSSR count). The van der Waals surface area contributed by atoms with Crippen LogP contribution in [-0.4, -0.2) is 30.8 Å². The second kappa shape index (κ2) is 7.66. The summed E-state index contributed by atoms with van der Waals surface area (Å²) >= 11 is 12.5. The fraction of sp³-hybridized carbons (Fsp3) is 0.227. The summed E-state index contributed by atoms with van der Waals surface area (Å²) in [5.41, 5.74) is 2.33. The number of carboxylic acid groups (broad SMARTS) is 1. The standard InChI is InChI=1S/C22H19Cl2FN4O2/c1-11(18-16(23)4-5-17(25)19(18)24)15-9-27-20-14(15)6-12(7-26-20)13-8-28-29(10-13)22(2,3)21(30)31/h4-11H,1-3H3,(H,26,27)(H,30,31). The lowest BCUT2D eigenvalue weighted by atomic mass is 9.92. The number of fused-ring (bicyclic) bond motifs is 1. The molecular formula is C22H19Cl2FN4O2. The van der Waals surface area contributed by atoms with E-state index in [0.29, 0.717) is 16.2 Å². The third-order valence-corrected chi connectivity index (χ3v) is 6.27. The summed E-state index contributed by atoms with van der Waals surface area (Å²) in [6.07, 6.45) is 6.77. The first-order valence-corrected chi connectivity index (χ1v) is 10.3. The molecular weight excluding hydrogens is 442 g/mol. The number of rotatable bonds is 5. The van der Waals surface area contributed by atoms with Gasteiger partial charge in [0.25, 0.3) is 0 Å². The Morgan fingerprint density at radius 1 is 1.26 bits per heavy atom. The molecule has 6 nitrogen and oxygen atoms in total. The van der Waals surface area contributed by atoms with E-state index in [-0.39, 0.29) is 10.9 Å². The van der Waals surface area contributed by atoms with E-state index in [1.165, 1.54) is 16.8 Å². The smallest absolute Gasteiger partial charge is 0.331 e. The molecule has 0 fully saturated rings. The van der Waals surface area contributed by atoms with Crippen molar-refractivity contribution >= 4 is 40.2 Å². The lowest BCUT2D eigenvalue weighted by Gasteiger charge is -2.19. The highest BCUT2D eigenvalue weighted by Gasteiger charge is 2.30. The number of carboxylic acids is 1. The number of H-pyrrole nitrogens is 1. The zero-order valence-electron chi connectivity index (χ0n) is 16.9. The SMILES string of the molecule is CC(c1c(Cl)ccc(F)c1Cl)c1c[nH]c2ncc(-c3cnn(C(C)(C)C(=O)O)c3)cc12. The molecule has 160 valence electrons. The van der Waals surface area contributed by atoms with Crippen molar-refractivity contribution in [2.45, 2.75) is 32.2 Å². The van der Waals surface area contributed by atoms with Crippen molar-refractivity contribution in [3.05, 3.63) is 70.0 Å². The van der Waals surface area contributed by atoms with Crippen LogP contribution in [-0.2, 0) is 10.3 Å². The Hall–Kier alpha value is -2.90. The average Bonchev–Trinajstić information content (AvgIpc) is 3.38. The molecule has 3 aromatic heterocycles. The Morgan fingerprint density at radius 2 is 2.00 bits per heavy atom. The zero-order valence-corrected chi connectivity index (χ0v) is 18.5. The maximum atomic E-state index is 14.1. The highest BCUT2D eigenvalue weighted by Crippen LogP contribution is 2.39. The summed E-state index contributed by atoms with van der Waals surface area (Å²) in [6.45, 7) is 5.05. The molecule has 4 aromatic rings. The molecule has 1 atom stereocenters. The molecule has 1 aromatic carbocycles. The minimum atomic E-state index is -1.19. The van der Waals surface area contributed by atoms with Crippen LogP contribution in [0.1, 0.15) is 37.8 Å². The maximum absolute atomic E-state index is 14.1. The minimum absolute atomic E-state index is 0.00403. The van der Waals surface area contributed by atoms with Gasteiger partial charge in [-0.2, -0.15) is 5.10 Å². The molecule has 0 bridgehead atoms. The fourth-order valence-corrected chi connectivity index (χ4v) is 4.21. The molecule has 1 unspecified atom stereocenters. The zero-order chi connectivity index (χ0) is 22.5. The largest absolute Gasteiger partial charge is 0.479 e. The van der Waals surface area contributed by atoms with Crippen LogP contribution in [0.3, 0.4) is 0 Å². The van der Waals surface area contributed by atoms with Crippen molar-refractivity contribution < 1.29 is 14.3 Å². The van der Waals surface area contributed by atoms with Crippen LogP contribution >= 0.6 is 23.2 Å². The van der Waals surface area contributed by atoms with Gasteiger partial charge in [0.15, 0.2) is 5.54 Å². The summed E-state index contributed by atoms with van der Waals surface area (Å²) < 4.78 is 15.5. The highest BCUT2D eigenvalue weighted by molar-refractivity contribution is 6.36. The number of nitrogens with one attached hydrogen (secondary N) is 1. The van der Waals surface area contributed by atoms with E-state index in [9.17, 15) is 14.3 Å². The van der Waals surface area contributed by atoms with Gasteiger partial charge in [-0.1, -0.05) is 30.1 Å². The van der Waals surface area contributed by atoms with Crippen LogP contribution in [0.4, 0.5) is 4.39 Å². The molecule has 9 heteroatoms. The number of nitrogens with zero attached hydrogens (tertiary/aromatic N) is 3. The van der Waals surface area contributed by atoms with Crippen LogP contribution in [0.15, 0.2) is 43.0 Å². The third kappa shape index (κ3) is 3.58. The number of benzene rings is 1. The second-order valence-corrected chi connectivity index (χ2v) is 8.67. The fourth-order valence-electron chi connectivity index (χ4n) is 3.51. The van der Waals surface area contributed by atoms with Crippen molar-refractivity contribution in [3.8, 4) is 11.1 Å². The number of hydrogen-bond donors (Lipinski definition) is 2. The maximum Gasteiger partial charge on any atom is 0.331 e. The Labute approximate surface area is 187 Å². The summed E-state index contributed by atoms with van der Waals surface area (Å²) in [6, 6.07) is 4.67. The van der Waals surface area contributed by atoms with Crippen LogP contribution in [0.25, 0.3) is 22.2 Å². The normalized spacial score (nSPS) is 13.0. The van der Waals surface area contributed by atoms with E-state index in [1.807, 2.05) is 13.0 Å². The first kappa shape index (κ1) is 21.3. The van der Waals surface area contributed by atoms with Crippen molar-refractivity contribution in [2.75, 3.05) is 0 Å². The number of carbonyl (C=O) groups is 1. The Bertz CT molecular complexity index is 1310. The van der Waals surface area contributed by atoms with Gasteiger partial charge in [-0.25, -0.2) is 14.2 Å². The summed E-state index contributed by atoms with van der Waals surface area (Å²) in [5.74, 6) is -1.81. The number of hydrogen-bond acceptors (Lipinski definition) is 3. The van der Waals surface area contributed by atoms with Gasteiger partial charge in [0.2, 0.25) is 0 Å². The summed E-state index contributed by atoms with van der Waals surface area (Å²) in [4.78, 5) is 19.1. The van der Waals surface area contributed by atoms with Gasteiger partial charge in [-0.05, 0) is 43.2 Å². The van der Waals surface area contributed by atoms with E-state index >= 15 is 0 Å². The van der Waals surface area contributed by atoms with E-state index in [1.54, 1.807) is 38.6 Å². The molecule has 31 heavy (non-hydrogen) atoms. The second-order valence-electron chi connectivity index (χ2n) is 7.88. The molecule has 3 heterocycles. The monoisotopic (exact) mass is 460 g/mol. The van der Waals surface area contributed by atoms with Gasteiger partial charge in [0, 0.05) is 46.0 Å². The molecule has 0 spiro atoms. The van der Waals surface area contributed by atoms with Crippen molar-refractivity contribution in [3.63, 3.8) is 0 Å². The topological polar surface area (TPSA) is 83.8 Å². The molecule has 0 saturated heterocycles. The van der Waals surface area contributed by atoms with Crippen molar-refractivity contribution in [2.24, 2.45) is 0 Å². The van der Waals surface area contributed by atoms with Gasteiger partial charge in [-0.15, -0.1) is 0 Å². The highest BCUT2D eigenvalue weighted by atomic mass is 35.5. The number of aliphatic carboxylic acids is 1. The predicted molar refractivity (Wildman–Crippen MR) is 118 cm³/mol. The average molecular weight is 461 g/mol. The lowest BCUT2D eigenvalue weighted by molar-refractivity contribution is -0.146. The minimum Gasteiger partial charge on any atom is -0.479 e. The Kier molecular flexibility index (Phi) is 5.27. The quantitative estimate of drug-likeness (QED) is 0.366. The lowest BCUT2D eigenvalue weighted by Crippen LogP contribution is -2.35. The van der Waals surface area contributed by atoms with E-state index in [2.05, 4.69) is 15.1 Å². The summed E-state index contributed by atoms with van der Waals surface area (Å²) in [5, 5.41) is 14.9. The molecule has 0 saturated carbocycles. The first-order valence-electron chi connectivity index (χ1n) is 9.50. The van der Waals surface area contributed by atoms with Crippen molar-refractivity contribution in [1.29, 1.82) is 0 Å². The molecule has 0 radical (unpaired) electrons. The van der Waals surface area contributed by atoms with E-state index < -0.39 is 17.3 Å². The third-order valence-electron chi connectivity index (χ3n) is 5.55. The number of halogens is 3. The molecule has 2 N–H and O–H groups in total. The molecule has 0 amide bonds. The Balaban J connectivity index is 1.79. The van der Waals surface area contributed by atoms with Gasteiger partial charge in [0.05, 0.1) is 11.2 Å². The molecule has 0 aliphatic carbocycles. The number of aromatic nitrogens is 4. The van der Waals surface area contributed by atoms with Crippen LogP contribution < -0.4 is 0 Å². The van der Waals surface area contributed by atoms with Gasteiger partial charge >= 0.3 is 5.97 Å². The van der Waals surface area contributed by atoms with E-state index in [4.69, 9.17) is 23.2 Å². The van der Waals surface area contributed by atoms with Crippen molar-refractivity contribution in [1.82, 2.24) is 19.7 Å². The molecule has 0 aliphatic rings. The van der Waals surface area contributed by atoms with Crippen LogP contribution in [0, 0.1) is 5.82 Å². The van der Waals surface area contributed by atoms with Gasteiger partial charge in [-0.3, -0.25) is 4.68 Å². The van der Waals surface area contributed by atoms with Crippen LogP contribution in [0.5, 0.6) is 0 Å². The first-order chi connectivity index (χ1) is 14.6. The van der Waals surface area contributed by atoms with E-state index in [0.717, 1.165) is 22.1 Å². The summed E-state index contributed by atoms with van der Waals surface area (Å²) in [7, 11) is 0. The number of aromatic amines is 1. The number of pyridine rings is 1.